The van der Waals surface area contributed by atoms with Gasteiger partial charge in [0.1, 0.15) is 5.75 Å². The summed E-state index contributed by atoms with van der Waals surface area (Å²) in [7, 11) is 0. The van der Waals surface area contributed by atoms with E-state index in [4.69, 9.17) is 21.2 Å². The Labute approximate surface area is 166 Å². The normalized spacial score (nSPS) is 23.0. The van der Waals surface area contributed by atoms with Crippen molar-refractivity contribution in [3.63, 3.8) is 0 Å². The van der Waals surface area contributed by atoms with Crippen molar-refractivity contribution >= 4 is 40.5 Å². The minimum atomic E-state index is -1.17. The molecular weight excluding hydrogens is 382 g/mol. The fourth-order valence-electron chi connectivity index (χ4n) is 3.05. The Kier molecular flexibility index (Phi) is 4.47. The number of anilines is 2. The van der Waals surface area contributed by atoms with E-state index in [2.05, 4.69) is 15.8 Å². The Morgan fingerprint density at radius 1 is 1.32 bits per heavy atom. The molecule has 0 radical (unpaired) electrons. The first-order valence-corrected chi connectivity index (χ1v) is 9.16. The molecule has 4 rings (SSSR count). The number of amides is 2. The third-order valence-electron chi connectivity index (χ3n) is 4.70. The van der Waals surface area contributed by atoms with Crippen LogP contribution in [0.5, 0.6) is 5.75 Å². The van der Waals surface area contributed by atoms with E-state index in [-0.39, 0.29) is 18.2 Å². The Bertz CT molecular complexity index is 1010. The number of ether oxygens (including phenoxy) is 1. The molecular formula is C20H18ClN3O4. The van der Waals surface area contributed by atoms with Crippen LogP contribution >= 0.6 is 11.6 Å². The summed E-state index contributed by atoms with van der Waals surface area (Å²) in [6.45, 7) is 3.34. The highest BCUT2D eigenvalue weighted by Gasteiger charge is 2.42. The second kappa shape index (κ2) is 6.83. The van der Waals surface area contributed by atoms with Crippen molar-refractivity contribution in [2.24, 2.45) is 5.16 Å². The molecule has 2 amide bonds. The van der Waals surface area contributed by atoms with E-state index in [0.29, 0.717) is 27.9 Å². The monoisotopic (exact) mass is 399 g/mol. The largest absolute Gasteiger partial charge is 0.479 e. The average molecular weight is 400 g/mol. The van der Waals surface area contributed by atoms with Crippen LogP contribution in [0.4, 0.5) is 11.4 Å². The van der Waals surface area contributed by atoms with E-state index in [1.165, 1.54) is 0 Å². The van der Waals surface area contributed by atoms with Gasteiger partial charge >= 0.3 is 0 Å². The topological polar surface area (TPSA) is 89.0 Å². The van der Waals surface area contributed by atoms with E-state index < -0.39 is 11.7 Å². The number of nitrogens with zero attached hydrogens (tertiary/aromatic N) is 1. The Balaban J connectivity index is 1.48. The Morgan fingerprint density at radius 3 is 2.89 bits per heavy atom. The molecule has 144 valence electrons. The van der Waals surface area contributed by atoms with Gasteiger partial charge in [-0.2, -0.15) is 0 Å². The van der Waals surface area contributed by atoms with Crippen LogP contribution in [-0.4, -0.2) is 29.2 Å². The molecule has 0 aromatic heterocycles. The molecule has 2 aromatic carbocycles. The number of hydrogen-bond donors (Lipinski definition) is 2. The minimum Gasteiger partial charge on any atom is -0.479 e. The molecule has 2 atom stereocenters. The quantitative estimate of drug-likeness (QED) is 0.825. The van der Waals surface area contributed by atoms with E-state index in [0.717, 1.165) is 5.56 Å². The molecule has 7 nitrogen and oxygen atoms in total. The van der Waals surface area contributed by atoms with Crippen molar-refractivity contribution in [3.05, 3.63) is 53.1 Å². The zero-order valence-electron chi connectivity index (χ0n) is 15.3. The van der Waals surface area contributed by atoms with Gasteiger partial charge in [0.2, 0.25) is 5.60 Å². The molecule has 0 unspecified atom stereocenters. The van der Waals surface area contributed by atoms with Crippen LogP contribution in [0.15, 0.2) is 47.6 Å². The molecule has 0 saturated heterocycles. The van der Waals surface area contributed by atoms with Crippen molar-refractivity contribution in [2.45, 2.75) is 32.0 Å². The van der Waals surface area contributed by atoms with Crippen LogP contribution in [0.25, 0.3) is 0 Å². The predicted molar refractivity (Wildman–Crippen MR) is 106 cm³/mol. The maximum Gasteiger partial charge on any atom is 0.271 e. The molecule has 8 heteroatoms. The van der Waals surface area contributed by atoms with Crippen molar-refractivity contribution in [1.82, 2.24) is 0 Å². The van der Waals surface area contributed by atoms with E-state index >= 15 is 0 Å². The van der Waals surface area contributed by atoms with Crippen molar-refractivity contribution in [1.29, 1.82) is 0 Å². The predicted octanol–water partition coefficient (Wildman–Crippen LogP) is 3.58. The van der Waals surface area contributed by atoms with Gasteiger partial charge in [-0.05, 0) is 38.1 Å². The lowest BCUT2D eigenvalue weighted by atomic mass is 9.95. The molecule has 2 aromatic rings. The van der Waals surface area contributed by atoms with Gasteiger partial charge in [-0.25, -0.2) is 0 Å². The zero-order valence-corrected chi connectivity index (χ0v) is 16.0. The summed E-state index contributed by atoms with van der Waals surface area (Å²) >= 11 is 6.21. The number of nitrogens with one attached hydrogen (secondary N) is 2. The van der Waals surface area contributed by atoms with Crippen LogP contribution in [0.1, 0.15) is 25.8 Å². The van der Waals surface area contributed by atoms with E-state index in [1.54, 1.807) is 38.1 Å². The third kappa shape index (κ3) is 3.29. The van der Waals surface area contributed by atoms with Crippen molar-refractivity contribution in [2.75, 3.05) is 10.6 Å². The number of fused-ring (bicyclic) bond motifs is 1. The van der Waals surface area contributed by atoms with E-state index in [9.17, 15) is 9.59 Å². The second-order valence-corrected chi connectivity index (χ2v) is 7.34. The molecule has 2 heterocycles. The van der Waals surface area contributed by atoms with Crippen LogP contribution in [0.3, 0.4) is 0 Å². The van der Waals surface area contributed by atoms with E-state index in [1.807, 2.05) is 18.2 Å². The summed E-state index contributed by atoms with van der Waals surface area (Å²) in [5.41, 5.74) is 1.20. The molecule has 0 fully saturated rings. The standard InChI is InChI=1S/C20H18ClN3O4/c1-11-18(25)23-15-9-12(7-8-17(15)27-11)22-19(26)20(2)10-16(24-28-20)13-5-3-4-6-14(13)21/h3-9,11H,10H2,1-2H3,(H,22,26)(H,23,25)/t11-,20+/m1/s1. The van der Waals surface area contributed by atoms with Gasteiger partial charge in [0.25, 0.3) is 11.8 Å². The molecule has 0 saturated carbocycles. The first-order valence-electron chi connectivity index (χ1n) is 8.79. The fraction of sp³-hybridized carbons (Fsp3) is 0.250. The number of oxime groups is 1. The lowest BCUT2D eigenvalue weighted by Gasteiger charge is -2.24. The minimum absolute atomic E-state index is 0.236. The number of hydrogen-bond acceptors (Lipinski definition) is 5. The van der Waals surface area contributed by atoms with Gasteiger partial charge in [0.15, 0.2) is 6.10 Å². The van der Waals surface area contributed by atoms with Crippen molar-refractivity contribution in [3.8, 4) is 5.75 Å². The van der Waals surface area contributed by atoms with Gasteiger partial charge in [-0.15, -0.1) is 0 Å². The van der Waals surface area contributed by atoms with Crippen LogP contribution in [0.2, 0.25) is 5.02 Å². The molecule has 2 aliphatic rings. The highest BCUT2D eigenvalue weighted by atomic mass is 35.5. The average Bonchev–Trinajstić information content (AvgIpc) is 3.07. The highest BCUT2D eigenvalue weighted by molar-refractivity contribution is 6.34. The second-order valence-electron chi connectivity index (χ2n) is 6.93. The van der Waals surface area contributed by atoms with Crippen LogP contribution in [0, 0.1) is 0 Å². The van der Waals surface area contributed by atoms with Crippen LogP contribution in [-0.2, 0) is 14.4 Å². The summed E-state index contributed by atoms with van der Waals surface area (Å²) < 4.78 is 5.52. The number of benzene rings is 2. The molecule has 28 heavy (non-hydrogen) atoms. The first kappa shape index (κ1) is 18.3. The molecule has 0 aliphatic carbocycles. The Morgan fingerprint density at radius 2 is 2.11 bits per heavy atom. The molecule has 2 N–H and O–H groups in total. The fourth-order valence-corrected chi connectivity index (χ4v) is 3.30. The highest BCUT2D eigenvalue weighted by Crippen LogP contribution is 2.34. The summed E-state index contributed by atoms with van der Waals surface area (Å²) in [6.07, 6.45) is -0.274. The smallest absolute Gasteiger partial charge is 0.271 e. The zero-order chi connectivity index (χ0) is 19.9. The van der Waals surface area contributed by atoms with Gasteiger partial charge in [0, 0.05) is 22.7 Å². The number of carbonyl (C=O) groups is 2. The number of halogens is 1. The van der Waals surface area contributed by atoms with Crippen LogP contribution < -0.4 is 15.4 Å². The van der Waals surface area contributed by atoms with Gasteiger partial charge in [-0.1, -0.05) is 35.0 Å². The summed E-state index contributed by atoms with van der Waals surface area (Å²) in [6, 6.07) is 12.3. The molecule has 0 bridgehead atoms. The lowest BCUT2D eigenvalue weighted by Crippen LogP contribution is -2.40. The van der Waals surface area contributed by atoms with Gasteiger partial charge in [-0.3, -0.25) is 9.59 Å². The summed E-state index contributed by atoms with van der Waals surface area (Å²) in [4.78, 5) is 30.1. The molecule has 0 spiro atoms. The van der Waals surface area contributed by atoms with Gasteiger partial charge in [0.05, 0.1) is 11.4 Å². The first-order chi connectivity index (χ1) is 13.4. The maximum absolute atomic E-state index is 12.8. The van der Waals surface area contributed by atoms with Gasteiger partial charge < -0.3 is 20.2 Å². The lowest BCUT2D eigenvalue weighted by molar-refractivity contribution is -0.135. The molecule has 2 aliphatic heterocycles. The maximum atomic E-state index is 12.8. The summed E-state index contributed by atoms with van der Waals surface area (Å²) in [5.74, 6) is -0.0349. The Hall–Kier alpha value is -3.06. The van der Waals surface area contributed by atoms with Crippen molar-refractivity contribution < 1.29 is 19.2 Å². The summed E-state index contributed by atoms with van der Waals surface area (Å²) in [5, 5.41) is 10.2. The number of rotatable bonds is 3. The SMILES string of the molecule is C[C@H]1Oc2ccc(NC(=O)[C@]3(C)CC(c4ccccc4Cl)=NO3)cc2NC1=O. The third-order valence-corrected chi connectivity index (χ3v) is 5.03. The number of carbonyl (C=O) groups excluding carboxylic acids is 2.